The zero-order valence-corrected chi connectivity index (χ0v) is 8.59. The molecule has 0 heterocycles. The standard InChI is InChI=1S/C9H18BO2/c1-6-7-10-12-9(4,5)8(2,3)11/h6-7,11H,1-5H3/b7-6+. The van der Waals surface area contributed by atoms with Gasteiger partial charge in [0, 0.05) is 0 Å². The molecule has 69 valence electrons. The Balaban J connectivity index is 4.05. The van der Waals surface area contributed by atoms with Crippen LogP contribution in [0.4, 0.5) is 0 Å². The first-order chi connectivity index (χ1) is 5.31. The van der Waals surface area contributed by atoms with Crippen LogP contribution in [0.15, 0.2) is 12.1 Å². The average Bonchev–Trinajstić information content (AvgIpc) is 1.85. The van der Waals surface area contributed by atoms with Gasteiger partial charge in [-0.15, -0.1) is 0 Å². The zero-order valence-electron chi connectivity index (χ0n) is 8.59. The summed E-state index contributed by atoms with van der Waals surface area (Å²) < 4.78 is 5.37. The van der Waals surface area contributed by atoms with E-state index >= 15 is 0 Å². The summed E-state index contributed by atoms with van der Waals surface area (Å²) in [6.45, 7) is 9.09. The fraction of sp³-hybridized carbons (Fsp3) is 0.778. The second-order valence-electron chi connectivity index (χ2n) is 3.85. The Labute approximate surface area is 75.9 Å². The second kappa shape index (κ2) is 4.10. The molecule has 0 atom stereocenters. The Morgan fingerprint density at radius 3 is 2.08 bits per heavy atom. The van der Waals surface area contributed by atoms with Crippen LogP contribution in [0.1, 0.15) is 34.6 Å². The van der Waals surface area contributed by atoms with Crippen molar-refractivity contribution in [3.8, 4) is 0 Å². The molecular formula is C9H18BO2. The van der Waals surface area contributed by atoms with Crippen molar-refractivity contribution in [2.45, 2.75) is 45.8 Å². The molecule has 0 aromatic rings. The lowest BCUT2D eigenvalue weighted by atomic mass is 9.86. The average molecular weight is 169 g/mol. The van der Waals surface area contributed by atoms with Crippen LogP contribution in [0.5, 0.6) is 0 Å². The molecule has 3 heteroatoms. The van der Waals surface area contributed by atoms with Crippen LogP contribution in [0.2, 0.25) is 0 Å². The first-order valence-corrected chi connectivity index (χ1v) is 4.16. The second-order valence-corrected chi connectivity index (χ2v) is 3.85. The van der Waals surface area contributed by atoms with Crippen molar-refractivity contribution < 1.29 is 9.76 Å². The Kier molecular flexibility index (Phi) is 4.01. The fourth-order valence-corrected chi connectivity index (χ4v) is 0.432. The van der Waals surface area contributed by atoms with E-state index in [0.717, 1.165) is 0 Å². The van der Waals surface area contributed by atoms with Gasteiger partial charge in [-0.2, -0.15) is 0 Å². The van der Waals surface area contributed by atoms with E-state index in [2.05, 4.69) is 0 Å². The lowest BCUT2D eigenvalue weighted by molar-refractivity contribution is -0.0894. The predicted molar refractivity (Wildman–Crippen MR) is 52.0 cm³/mol. The lowest BCUT2D eigenvalue weighted by Gasteiger charge is -2.37. The largest absolute Gasteiger partial charge is 0.427 e. The number of hydrogen-bond acceptors (Lipinski definition) is 2. The highest BCUT2D eigenvalue weighted by atomic mass is 16.5. The van der Waals surface area contributed by atoms with Crippen molar-refractivity contribution in [2.24, 2.45) is 0 Å². The molecule has 0 aliphatic carbocycles. The van der Waals surface area contributed by atoms with Crippen LogP contribution in [-0.4, -0.2) is 23.8 Å². The Bertz CT molecular complexity index is 156. The zero-order chi connectivity index (χ0) is 9.83. The molecule has 0 aliphatic rings. The molecule has 0 amide bonds. The number of rotatable bonds is 4. The van der Waals surface area contributed by atoms with E-state index < -0.39 is 11.2 Å². The van der Waals surface area contributed by atoms with Gasteiger partial charge in [-0.1, -0.05) is 12.1 Å². The Morgan fingerprint density at radius 2 is 1.75 bits per heavy atom. The van der Waals surface area contributed by atoms with Gasteiger partial charge >= 0.3 is 7.48 Å². The van der Waals surface area contributed by atoms with Gasteiger partial charge in [-0.25, -0.2) is 0 Å². The third-order valence-electron chi connectivity index (χ3n) is 2.11. The maximum atomic E-state index is 9.68. The van der Waals surface area contributed by atoms with E-state index in [0.29, 0.717) is 0 Å². The smallest absolute Gasteiger partial charge is 0.322 e. The highest BCUT2D eigenvalue weighted by Crippen LogP contribution is 2.24. The molecule has 1 N–H and O–H groups in total. The number of aliphatic hydroxyl groups is 1. The van der Waals surface area contributed by atoms with Crippen molar-refractivity contribution in [3.63, 3.8) is 0 Å². The molecule has 0 rings (SSSR count). The van der Waals surface area contributed by atoms with Crippen molar-refractivity contribution in [2.75, 3.05) is 0 Å². The van der Waals surface area contributed by atoms with E-state index in [1.807, 2.05) is 26.8 Å². The number of hydrogen-bond donors (Lipinski definition) is 1. The molecule has 0 bridgehead atoms. The van der Waals surface area contributed by atoms with E-state index in [9.17, 15) is 5.11 Å². The summed E-state index contributed by atoms with van der Waals surface area (Å²) in [5.41, 5.74) is -1.41. The highest BCUT2D eigenvalue weighted by Gasteiger charge is 2.35. The van der Waals surface area contributed by atoms with E-state index in [-0.39, 0.29) is 0 Å². The van der Waals surface area contributed by atoms with Crippen LogP contribution in [0, 0.1) is 0 Å². The normalized spacial score (nSPS) is 13.8. The van der Waals surface area contributed by atoms with Gasteiger partial charge in [0.15, 0.2) is 0 Å². The lowest BCUT2D eigenvalue weighted by Crippen LogP contribution is -2.47. The first kappa shape index (κ1) is 11.7. The molecule has 0 saturated heterocycles. The topological polar surface area (TPSA) is 29.5 Å². The fourth-order valence-electron chi connectivity index (χ4n) is 0.432. The monoisotopic (exact) mass is 169 g/mol. The van der Waals surface area contributed by atoms with E-state index in [4.69, 9.17) is 4.65 Å². The van der Waals surface area contributed by atoms with Crippen molar-refractivity contribution in [1.82, 2.24) is 0 Å². The summed E-state index contributed by atoms with van der Waals surface area (Å²) in [6, 6.07) is 0. The maximum absolute atomic E-state index is 9.68. The molecule has 0 saturated carbocycles. The maximum Gasteiger partial charge on any atom is 0.322 e. The third kappa shape index (κ3) is 3.41. The molecular weight excluding hydrogens is 151 g/mol. The quantitative estimate of drug-likeness (QED) is 0.649. The minimum absolute atomic E-state index is 0.563. The van der Waals surface area contributed by atoms with Gasteiger partial charge < -0.3 is 9.76 Å². The van der Waals surface area contributed by atoms with E-state index in [1.54, 1.807) is 27.3 Å². The summed E-state index contributed by atoms with van der Waals surface area (Å²) in [5, 5.41) is 9.68. The van der Waals surface area contributed by atoms with Crippen LogP contribution < -0.4 is 0 Å². The van der Waals surface area contributed by atoms with Crippen LogP contribution in [0.25, 0.3) is 0 Å². The Morgan fingerprint density at radius 1 is 1.25 bits per heavy atom. The van der Waals surface area contributed by atoms with Gasteiger partial charge in [-0.05, 0) is 34.6 Å². The molecule has 0 unspecified atom stereocenters. The molecule has 1 radical (unpaired) electrons. The van der Waals surface area contributed by atoms with Gasteiger partial charge in [0.05, 0.1) is 11.2 Å². The molecule has 2 nitrogen and oxygen atoms in total. The minimum atomic E-state index is -0.842. The van der Waals surface area contributed by atoms with Crippen molar-refractivity contribution in [3.05, 3.63) is 12.1 Å². The van der Waals surface area contributed by atoms with Crippen molar-refractivity contribution >= 4 is 7.48 Å². The van der Waals surface area contributed by atoms with Crippen LogP contribution in [0.3, 0.4) is 0 Å². The van der Waals surface area contributed by atoms with Gasteiger partial charge in [0.1, 0.15) is 0 Å². The van der Waals surface area contributed by atoms with Crippen molar-refractivity contribution in [1.29, 1.82) is 0 Å². The number of allylic oxidation sites excluding steroid dienone is 1. The van der Waals surface area contributed by atoms with Crippen LogP contribution >= 0.6 is 0 Å². The highest BCUT2D eigenvalue weighted by molar-refractivity contribution is 6.34. The molecule has 0 aromatic heterocycles. The molecule has 0 spiro atoms. The summed E-state index contributed by atoms with van der Waals surface area (Å²) in [5.74, 6) is 1.80. The van der Waals surface area contributed by atoms with Crippen LogP contribution in [-0.2, 0) is 4.65 Å². The van der Waals surface area contributed by atoms with Gasteiger partial charge in [-0.3, -0.25) is 0 Å². The van der Waals surface area contributed by atoms with Gasteiger partial charge in [0.25, 0.3) is 0 Å². The molecule has 0 aliphatic heterocycles. The third-order valence-corrected chi connectivity index (χ3v) is 2.11. The predicted octanol–water partition coefficient (Wildman–Crippen LogP) is 1.71. The summed E-state index contributed by atoms with van der Waals surface area (Å²) in [4.78, 5) is 0. The molecule has 0 fully saturated rings. The van der Waals surface area contributed by atoms with E-state index in [1.165, 1.54) is 0 Å². The Hall–Kier alpha value is -0.275. The SMILES string of the molecule is C/C=C/[B]OC(C)(C)C(C)(C)O. The summed E-state index contributed by atoms with van der Waals surface area (Å²) >= 11 is 0. The first-order valence-electron chi connectivity index (χ1n) is 4.16. The summed E-state index contributed by atoms with van der Waals surface area (Å²) in [6.07, 6.45) is 1.88. The van der Waals surface area contributed by atoms with Gasteiger partial charge in [0.2, 0.25) is 0 Å². The summed E-state index contributed by atoms with van der Waals surface area (Å²) in [7, 11) is 1.60. The molecule has 0 aromatic carbocycles. The molecule has 12 heavy (non-hydrogen) atoms. The minimum Gasteiger partial charge on any atom is -0.427 e.